The summed E-state index contributed by atoms with van der Waals surface area (Å²) >= 11 is 0. The number of nitrogens with zero attached hydrogens (tertiary/aromatic N) is 4. The molecule has 0 spiro atoms. The van der Waals surface area contributed by atoms with E-state index < -0.39 is 0 Å². The van der Waals surface area contributed by atoms with Crippen molar-refractivity contribution >= 4 is 0 Å². The van der Waals surface area contributed by atoms with Crippen molar-refractivity contribution < 1.29 is 0 Å². The minimum atomic E-state index is 0.392. The van der Waals surface area contributed by atoms with E-state index in [-0.39, 0.29) is 0 Å². The number of hydrogen-bond donors (Lipinski definition) is 0. The van der Waals surface area contributed by atoms with Crippen LogP contribution in [0.4, 0.5) is 0 Å². The molecule has 4 heteroatoms. The zero-order valence-corrected chi connectivity index (χ0v) is 13.8. The second-order valence-corrected chi connectivity index (χ2v) is 7.03. The normalized spacial score (nSPS) is 17.2. The molecule has 1 fully saturated rings. The van der Waals surface area contributed by atoms with E-state index in [0.29, 0.717) is 11.8 Å². The average Bonchev–Trinajstić information content (AvgIpc) is 3.21. The lowest BCUT2D eigenvalue weighted by molar-refractivity contribution is 0.640. The second-order valence-electron chi connectivity index (χ2n) is 7.03. The molecule has 2 aliphatic carbocycles. The maximum atomic E-state index is 4.97. The highest BCUT2D eigenvalue weighted by Crippen LogP contribution is 2.40. The van der Waals surface area contributed by atoms with Crippen molar-refractivity contribution in [1.29, 1.82) is 0 Å². The van der Waals surface area contributed by atoms with Gasteiger partial charge >= 0.3 is 0 Å². The highest BCUT2D eigenvalue weighted by Gasteiger charge is 2.33. The van der Waals surface area contributed by atoms with Gasteiger partial charge < -0.3 is 0 Å². The number of aromatic nitrogens is 4. The molecule has 0 amide bonds. The van der Waals surface area contributed by atoms with Crippen molar-refractivity contribution in [3.05, 3.63) is 70.9 Å². The SMILES string of the molecule is Cc1cccnc1-n1nc(C2CC2)nc1C1Cc2ccccc2C1. The van der Waals surface area contributed by atoms with Crippen LogP contribution < -0.4 is 0 Å². The fraction of sp³-hybridized carbons (Fsp3) is 0.350. The number of rotatable bonds is 3. The Morgan fingerprint density at radius 3 is 2.38 bits per heavy atom. The van der Waals surface area contributed by atoms with Crippen molar-refractivity contribution in [2.75, 3.05) is 0 Å². The summed E-state index contributed by atoms with van der Waals surface area (Å²) in [5, 5.41) is 4.85. The van der Waals surface area contributed by atoms with Crippen molar-refractivity contribution in [2.45, 2.75) is 44.4 Å². The van der Waals surface area contributed by atoms with Crippen molar-refractivity contribution in [1.82, 2.24) is 19.7 Å². The Kier molecular flexibility index (Phi) is 3.05. The Bertz CT molecular complexity index is 883. The molecule has 1 saturated carbocycles. The fourth-order valence-corrected chi connectivity index (χ4v) is 3.72. The third-order valence-electron chi connectivity index (χ3n) is 5.19. The second kappa shape index (κ2) is 5.26. The topological polar surface area (TPSA) is 43.6 Å². The van der Waals surface area contributed by atoms with Crippen LogP contribution in [0.1, 0.15) is 53.0 Å². The van der Waals surface area contributed by atoms with Gasteiger partial charge in [-0.05, 0) is 55.4 Å². The molecule has 0 N–H and O–H groups in total. The molecule has 2 aromatic heterocycles. The van der Waals surface area contributed by atoms with Crippen LogP contribution in [0, 0.1) is 6.92 Å². The van der Waals surface area contributed by atoms with E-state index in [1.807, 2.05) is 16.9 Å². The van der Waals surface area contributed by atoms with E-state index in [0.717, 1.165) is 35.9 Å². The van der Waals surface area contributed by atoms with Crippen LogP contribution in [0.5, 0.6) is 0 Å². The highest BCUT2D eigenvalue weighted by atomic mass is 15.4. The molecule has 0 radical (unpaired) electrons. The zero-order chi connectivity index (χ0) is 16.1. The van der Waals surface area contributed by atoms with Crippen molar-refractivity contribution in [3.63, 3.8) is 0 Å². The number of pyridine rings is 1. The molecule has 4 nitrogen and oxygen atoms in total. The minimum absolute atomic E-state index is 0.392. The molecule has 5 rings (SSSR count). The highest BCUT2D eigenvalue weighted by molar-refractivity contribution is 5.38. The van der Waals surface area contributed by atoms with Gasteiger partial charge in [0.05, 0.1) is 0 Å². The first-order valence-electron chi connectivity index (χ1n) is 8.75. The molecular formula is C20H20N4. The van der Waals surface area contributed by atoms with E-state index in [4.69, 9.17) is 10.1 Å². The molecular weight excluding hydrogens is 296 g/mol. The Morgan fingerprint density at radius 2 is 1.71 bits per heavy atom. The lowest BCUT2D eigenvalue weighted by atomic mass is 10.1. The van der Waals surface area contributed by atoms with Crippen LogP contribution in [0.15, 0.2) is 42.6 Å². The quantitative estimate of drug-likeness (QED) is 0.739. The minimum Gasteiger partial charge on any atom is -0.237 e. The van der Waals surface area contributed by atoms with Crippen molar-refractivity contribution in [2.24, 2.45) is 0 Å². The third kappa shape index (κ3) is 2.25. The standard InChI is InChI=1S/C20H20N4/c1-13-5-4-10-21-19(13)24-20(22-18(23-24)14-8-9-14)17-11-15-6-2-3-7-16(15)12-17/h2-7,10,14,17H,8-9,11-12H2,1H3. The summed E-state index contributed by atoms with van der Waals surface area (Å²) in [4.78, 5) is 9.55. The van der Waals surface area contributed by atoms with Gasteiger partial charge in [-0.3, -0.25) is 0 Å². The van der Waals surface area contributed by atoms with Crippen LogP contribution in [0.25, 0.3) is 5.82 Å². The van der Waals surface area contributed by atoms with E-state index >= 15 is 0 Å². The summed E-state index contributed by atoms with van der Waals surface area (Å²) in [6.07, 6.45) is 6.37. The third-order valence-corrected chi connectivity index (χ3v) is 5.19. The summed E-state index contributed by atoms with van der Waals surface area (Å²) in [5.41, 5.74) is 4.03. The van der Waals surface area contributed by atoms with Gasteiger partial charge in [-0.1, -0.05) is 30.3 Å². The van der Waals surface area contributed by atoms with Crippen LogP contribution in [-0.4, -0.2) is 19.7 Å². The van der Waals surface area contributed by atoms with Gasteiger partial charge in [0.15, 0.2) is 11.6 Å². The predicted molar refractivity (Wildman–Crippen MR) is 92.5 cm³/mol. The molecule has 1 aromatic carbocycles. The summed E-state index contributed by atoms with van der Waals surface area (Å²) < 4.78 is 2.01. The molecule has 120 valence electrons. The maximum Gasteiger partial charge on any atom is 0.158 e. The molecule has 0 unspecified atom stereocenters. The largest absolute Gasteiger partial charge is 0.237 e. The smallest absolute Gasteiger partial charge is 0.158 e. The molecule has 0 atom stereocenters. The lowest BCUT2D eigenvalue weighted by Gasteiger charge is -2.11. The lowest BCUT2D eigenvalue weighted by Crippen LogP contribution is -2.11. The molecule has 24 heavy (non-hydrogen) atoms. The Labute approximate surface area is 141 Å². The zero-order valence-electron chi connectivity index (χ0n) is 13.8. The monoisotopic (exact) mass is 316 g/mol. The summed E-state index contributed by atoms with van der Waals surface area (Å²) in [5.74, 6) is 3.95. The van der Waals surface area contributed by atoms with Gasteiger partial charge in [-0.25, -0.2) is 9.97 Å². The molecule has 3 aromatic rings. The van der Waals surface area contributed by atoms with Crippen LogP contribution >= 0.6 is 0 Å². The Hall–Kier alpha value is -2.49. The van der Waals surface area contributed by atoms with E-state index in [1.54, 1.807) is 0 Å². The first-order valence-corrected chi connectivity index (χ1v) is 8.75. The maximum absolute atomic E-state index is 4.97. The number of fused-ring (bicyclic) bond motifs is 1. The fourth-order valence-electron chi connectivity index (χ4n) is 3.72. The molecule has 0 aliphatic heterocycles. The Balaban J connectivity index is 1.60. The van der Waals surface area contributed by atoms with E-state index in [2.05, 4.69) is 42.2 Å². The van der Waals surface area contributed by atoms with Gasteiger partial charge in [0.25, 0.3) is 0 Å². The molecule has 2 aliphatic rings. The van der Waals surface area contributed by atoms with Gasteiger partial charge in [0, 0.05) is 18.0 Å². The van der Waals surface area contributed by atoms with Crippen LogP contribution in [0.2, 0.25) is 0 Å². The van der Waals surface area contributed by atoms with Gasteiger partial charge in [-0.15, -0.1) is 5.10 Å². The molecule has 0 saturated heterocycles. The Morgan fingerprint density at radius 1 is 0.958 bits per heavy atom. The van der Waals surface area contributed by atoms with Crippen molar-refractivity contribution in [3.8, 4) is 5.82 Å². The van der Waals surface area contributed by atoms with Gasteiger partial charge in [0.2, 0.25) is 0 Å². The molecule has 2 heterocycles. The first-order chi connectivity index (χ1) is 11.8. The van der Waals surface area contributed by atoms with Crippen LogP contribution in [-0.2, 0) is 12.8 Å². The number of aryl methyl sites for hydroxylation is 1. The summed E-state index contributed by atoms with van der Waals surface area (Å²) in [7, 11) is 0. The van der Waals surface area contributed by atoms with Gasteiger partial charge in [-0.2, -0.15) is 4.68 Å². The summed E-state index contributed by atoms with van der Waals surface area (Å²) in [6, 6.07) is 12.8. The average molecular weight is 316 g/mol. The number of hydrogen-bond acceptors (Lipinski definition) is 3. The molecule has 0 bridgehead atoms. The van der Waals surface area contributed by atoms with Gasteiger partial charge in [0.1, 0.15) is 5.82 Å². The van der Waals surface area contributed by atoms with E-state index in [9.17, 15) is 0 Å². The van der Waals surface area contributed by atoms with Crippen LogP contribution in [0.3, 0.4) is 0 Å². The predicted octanol–water partition coefficient (Wildman–Crippen LogP) is 3.73. The summed E-state index contributed by atoms with van der Waals surface area (Å²) in [6.45, 7) is 2.09. The number of benzene rings is 1. The first kappa shape index (κ1) is 13.9. The van der Waals surface area contributed by atoms with E-state index in [1.165, 1.54) is 24.0 Å².